The molecule has 0 unspecified atom stereocenters. The van der Waals surface area contributed by atoms with E-state index in [1.165, 1.54) is 5.97 Å². The van der Waals surface area contributed by atoms with Gasteiger partial charge in [0.25, 0.3) is 5.91 Å². The number of hydrogen-bond donors (Lipinski definition) is 2. The van der Waals surface area contributed by atoms with Gasteiger partial charge in [0.05, 0.1) is 14.2 Å². The summed E-state index contributed by atoms with van der Waals surface area (Å²) in [5.74, 6) is 2.36. The Kier molecular flexibility index (Phi) is 8.43. The van der Waals surface area contributed by atoms with Gasteiger partial charge < -0.3 is 9.47 Å². The first-order chi connectivity index (χ1) is 11.7. The minimum Gasteiger partial charge on any atom is -0.493 e. The minimum absolute atomic E-state index is 0.210. The van der Waals surface area contributed by atoms with E-state index in [1.807, 2.05) is 18.2 Å². The van der Waals surface area contributed by atoms with Crippen LogP contribution in [0.2, 0.25) is 0 Å². The van der Waals surface area contributed by atoms with Crippen LogP contribution in [0.25, 0.3) is 0 Å². The summed E-state index contributed by atoms with van der Waals surface area (Å²) in [4.78, 5) is 15.7. The van der Waals surface area contributed by atoms with Crippen molar-refractivity contribution in [1.82, 2.24) is 15.8 Å². The van der Waals surface area contributed by atoms with Crippen molar-refractivity contribution in [3.63, 3.8) is 0 Å². The van der Waals surface area contributed by atoms with Gasteiger partial charge in [-0.25, -0.2) is 10.7 Å². The monoisotopic (exact) mass is 324 g/mol. The molecular weight excluding hydrogens is 307 g/mol. The van der Waals surface area contributed by atoms with E-state index in [4.69, 9.17) is 14.7 Å². The number of rotatable bonds is 6. The number of amides is 1. The van der Waals surface area contributed by atoms with Gasteiger partial charge in [0.15, 0.2) is 11.5 Å². The quantitative estimate of drug-likeness (QED) is 0.612. The van der Waals surface area contributed by atoms with Gasteiger partial charge in [0.2, 0.25) is 7.85 Å². The molecule has 0 fully saturated rings. The molecule has 0 saturated heterocycles. The number of ether oxygens (including phenoxy) is 2. The van der Waals surface area contributed by atoms with Crippen LogP contribution in [0.5, 0.6) is 11.5 Å². The smallest absolute Gasteiger partial charge is 0.265 e. The molecule has 0 saturated carbocycles. The molecule has 1 amide bonds. The SMILES string of the molecule is COc1ccc(CNNC(=O)c2ccncc2)cc1OC.[B]C#N. The van der Waals surface area contributed by atoms with Crippen molar-refractivity contribution >= 4 is 13.8 Å². The van der Waals surface area contributed by atoms with E-state index >= 15 is 0 Å². The summed E-state index contributed by atoms with van der Waals surface area (Å²) in [6.45, 7) is 0.469. The lowest BCUT2D eigenvalue weighted by molar-refractivity contribution is 0.0932. The van der Waals surface area contributed by atoms with Crippen molar-refractivity contribution in [2.24, 2.45) is 0 Å². The Balaban J connectivity index is 0.000000891. The molecule has 2 N–H and O–H groups in total. The summed E-state index contributed by atoms with van der Waals surface area (Å²) in [7, 11) is 7.32. The highest BCUT2D eigenvalue weighted by Gasteiger charge is 2.06. The molecule has 2 rings (SSSR count). The summed E-state index contributed by atoms with van der Waals surface area (Å²) in [6, 6.07) is 8.86. The number of hydrazine groups is 1. The number of pyridine rings is 1. The number of hydrogen-bond acceptors (Lipinski definition) is 6. The second-order valence-electron chi connectivity index (χ2n) is 4.36. The summed E-state index contributed by atoms with van der Waals surface area (Å²) >= 11 is 0. The van der Waals surface area contributed by atoms with E-state index in [1.54, 1.807) is 38.7 Å². The van der Waals surface area contributed by atoms with Crippen molar-refractivity contribution < 1.29 is 14.3 Å². The third-order valence-corrected chi connectivity index (χ3v) is 2.88. The largest absolute Gasteiger partial charge is 0.493 e. The number of nitrogens with zero attached hydrogens (tertiary/aromatic N) is 2. The predicted molar refractivity (Wildman–Crippen MR) is 89.5 cm³/mol. The van der Waals surface area contributed by atoms with Crippen LogP contribution in [0.15, 0.2) is 42.7 Å². The Morgan fingerprint density at radius 1 is 1.21 bits per heavy atom. The van der Waals surface area contributed by atoms with Gasteiger partial charge in [-0.3, -0.25) is 15.2 Å². The van der Waals surface area contributed by atoms with Gasteiger partial charge in [-0.05, 0) is 35.8 Å². The van der Waals surface area contributed by atoms with Crippen LogP contribution in [0.3, 0.4) is 0 Å². The molecule has 0 bridgehead atoms. The molecule has 8 heteroatoms. The summed E-state index contributed by atoms with van der Waals surface area (Å²) in [6.07, 6.45) is 3.15. The second kappa shape index (κ2) is 10.6. The van der Waals surface area contributed by atoms with Gasteiger partial charge in [0, 0.05) is 24.5 Å². The number of aromatic nitrogens is 1. The van der Waals surface area contributed by atoms with Crippen molar-refractivity contribution in [3.8, 4) is 17.5 Å². The fourth-order valence-electron chi connectivity index (χ4n) is 1.79. The van der Waals surface area contributed by atoms with Gasteiger partial charge in [0.1, 0.15) is 0 Å². The van der Waals surface area contributed by atoms with Crippen LogP contribution < -0.4 is 20.3 Å². The molecule has 2 aromatic rings. The Morgan fingerprint density at radius 3 is 2.42 bits per heavy atom. The number of nitriles is 1. The molecule has 24 heavy (non-hydrogen) atoms. The van der Waals surface area contributed by atoms with Crippen LogP contribution in [-0.2, 0) is 6.54 Å². The van der Waals surface area contributed by atoms with Gasteiger partial charge in [-0.1, -0.05) is 6.07 Å². The van der Waals surface area contributed by atoms with E-state index in [0.29, 0.717) is 23.6 Å². The lowest BCUT2D eigenvalue weighted by Crippen LogP contribution is -2.36. The van der Waals surface area contributed by atoms with Gasteiger partial charge in [-0.15, -0.1) is 0 Å². The zero-order chi connectivity index (χ0) is 17.8. The highest BCUT2D eigenvalue weighted by atomic mass is 16.5. The second-order valence-corrected chi connectivity index (χ2v) is 4.36. The maximum absolute atomic E-state index is 11.8. The summed E-state index contributed by atoms with van der Waals surface area (Å²) < 4.78 is 10.4. The van der Waals surface area contributed by atoms with Gasteiger partial charge >= 0.3 is 0 Å². The maximum Gasteiger partial charge on any atom is 0.265 e. The Labute approximate surface area is 142 Å². The zero-order valence-corrected chi connectivity index (χ0v) is 13.4. The molecule has 2 radical (unpaired) electrons. The van der Waals surface area contributed by atoms with E-state index in [-0.39, 0.29) is 5.91 Å². The minimum atomic E-state index is -0.210. The number of carbonyl (C=O) groups excluding carboxylic acids is 1. The lowest BCUT2D eigenvalue weighted by Gasteiger charge is -2.11. The molecule has 0 aliphatic rings. The molecular formula is C16H17BN4O3. The van der Waals surface area contributed by atoms with Crippen molar-refractivity contribution in [3.05, 3.63) is 53.9 Å². The molecule has 7 nitrogen and oxygen atoms in total. The van der Waals surface area contributed by atoms with Crippen molar-refractivity contribution in [1.29, 1.82) is 5.26 Å². The molecule has 1 aromatic heterocycles. The average molecular weight is 324 g/mol. The molecule has 0 spiro atoms. The zero-order valence-electron chi connectivity index (χ0n) is 13.4. The Bertz CT molecular complexity index is 689. The number of carbonyl (C=O) groups is 1. The third-order valence-electron chi connectivity index (χ3n) is 2.88. The first-order valence-corrected chi connectivity index (χ1v) is 6.90. The van der Waals surface area contributed by atoms with E-state index in [9.17, 15) is 4.79 Å². The number of nitrogens with one attached hydrogen (secondary N) is 2. The fourth-order valence-corrected chi connectivity index (χ4v) is 1.79. The van der Waals surface area contributed by atoms with Crippen molar-refractivity contribution in [2.45, 2.75) is 6.54 Å². The normalized spacial score (nSPS) is 9.04. The topological polar surface area (TPSA) is 96.3 Å². The van der Waals surface area contributed by atoms with Crippen LogP contribution in [0.4, 0.5) is 0 Å². The predicted octanol–water partition coefficient (Wildman–Crippen LogP) is 1.17. The summed E-state index contributed by atoms with van der Waals surface area (Å²) in [5, 5.41) is 7.10. The van der Waals surface area contributed by atoms with Gasteiger partial charge in [-0.2, -0.15) is 0 Å². The Morgan fingerprint density at radius 2 is 1.83 bits per heavy atom. The first kappa shape index (κ1) is 19.0. The Hall–Kier alpha value is -3.05. The number of methoxy groups -OCH3 is 2. The fraction of sp³-hybridized carbons (Fsp3) is 0.188. The van der Waals surface area contributed by atoms with E-state index < -0.39 is 0 Å². The standard InChI is InChI=1S/C15H17N3O3.CBN/c1-20-13-4-3-11(9-14(13)21-2)10-17-18-15(19)12-5-7-16-8-6-12;2-1-3/h3-9,17H,10H2,1-2H3,(H,18,19);. The molecule has 0 aliphatic carbocycles. The van der Waals surface area contributed by atoms with Crippen molar-refractivity contribution in [2.75, 3.05) is 14.2 Å². The molecule has 0 atom stereocenters. The first-order valence-electron chi connectivity index (χ1n) is 6.90. The molecule has 1 heterocycles. The molecule has 122 valence electrons. The molecule has 0 aliphatic heterocycles. The average Bonchev–Trinajstić information content (AvgIpc) is 2.62. The van der Waals surface area contributed by atoms with E-state index in [0.717, 1.165) is 5.56 Å². The number of benzene rings is 1. The third kappa shape index (κ3) is 5.98. The van der Waals surface area contributed by atoms with E-state index in [2.05, 4.69) is 23.7 Å². The molecule has 1 aromatic carbocycles. The summed E-state index contributed by atoms with van der Waals surface area (Å²) in [5.41, 5.74) is 7.00. The highest BCUT2D eigenvalue weighted by Crippen LogP contribution is 2.27. The highest BCUT2D eigenvalue weighted by molar-refractivity contribution is 6.20. The van der Waals surface area contributed by atoms with Crippen LogP contribution >= 0.6 is 0 Å². The lowest BCUT2D eigenvalue weighted by atomic mass is 10.2. The van der Waals surface area contributed by atoms with Crippen LogP contribution in [0, 0.1) is 11.2 Å². The van der Waals surface area contributed by atoms with Crippen LogP contribution in [0.1, 0.15) is 15.9 Å². The maximum atomic E-state index is 11.8. The van der Waals surface area contributed by atoms with Crippen LogP contribution in [-0.4, -0.2) is 33.0 Å².